The van der Waals surface area contributed by atoms with E-state index in [0.717, 1.165) is 30.6 Å². The predicted octanol–water partition coefficient (Wildman–Crippen LogP) is 2.74. The summed E-state index contributed by atoms with van der Waals surface area (Å²) >= 11 is 0. The minimum Gasteiger partial charge on any atom is -0.475 e. The van der Waals surface area contributed by atoms with Crippen molar-refractivity contribution in [2.45, 2.75) is 32.6 Å². The molecule has 5 heteroatoms. The largest absolute Gasteiger partial charge is 0.475 e. The fraction of sp³-hybridized carbons (Fsp3) is 0.438. The fourth-order valence-electron chi connectivity index (χ4n) is 2.97. The Balaban J connectivity index is 1.79. The van der Waals surface area contributed by atoms with E-state index in [2.05, 4.69) is 18.7 Å². The van der Waals surface area contributed by atoms with Crippen molar-refractivity contribution in [3.05, 3.63) is 35.6 Å². The Morgan fingerprint density at radius 3 is 2.67 bits per heavy atom. The maximum Gasteiger partial charge on any atom is 0.371 e. The van der Waals surface area contributed by atoms with Crippen molar-refractivity contribution < 1.29 is 19.1 Å². The lowest BCUT2D eigenvalue weighted by Gasteiger charge is -2.35. The van der Waals surface area contributed by atoms with Crippen LogP contribution in [0.1, 0.15) is 30.0 Å². The summed E-state index contributed by atoms with van der Waals surface area (Å²) < 4.78 is 11.0. The zero-order chi connectivity index (χ0) is 15.0. The average Bonchev–Trinajstić information content (AvgIpc) is 2.80. The molecule has 1 N–H and O–H groups in total. The normalized spacial score (nSPS) is 23.5. The molecule has 0 radical (unpaired) electrons. The van der Waals surface area contributed by atoms with Crippen molar-refractivity contribution >= 4 is 16.9 Å². The first kappa shape index (κ1) is 14.1. The monoisotopic (exact) mass is 289 g/mol. The maximum atomic E-state index is 10.9. The van der Waals surface area contributed by atoms with Gasteiger partial charge >= 0.3 is 5.97 Å². The number of furan rings is 1. The van der Waals surface area contributed by atoms with E-state index in [1.165, 1.54) is 0 Å². The molecule has 2 atom stereocenters. The molecule has 1 aromatic heterocycles. The molecule has 1 aromatic carbocycles. The van der Waals surface area contributed by atoms with Gasteiger partial charge in [-0.05, 0) is 37.6 Å². The lowest BCUT2D eigenvalue weighted by Crippen LogP contribution is -2.44. The third-order valence-electron chi connectivity index (χ3n) is 3.69. The van der Waals surface area contributed by atoms with E-state index in [9.17, 15) is 4.79 Å². The molecule has 1 aliphatic rings. The lowest BCUT2D eigenvalue weighted by atomic mass is 10.1. The van der Waals surface area contributed by atoms with Gasteiger partial charge in [-0.1, -0.05) is 6.07 Å². The molecule has 5 nitrogen and oxygen atoms in total. The molecule has 2 heterocycles. The van der Waals surface area contributed by atoms with E-state index >= 15 is 0 Å². The van der Waals surface area contributed by atoms with Crippen LogP contribution in [0.2, 0.25) is 0 Å². The number of morpholine rings is 1. The highest BCUT2D eigenvalue weighted by atomic mass is 16.5. The molecular formula is C16H19NO4. The summed E-state index contributed by atoms with van der Waals surface area (Å²) in [5, 5.41) is 9.79. The Morgan fingerprint density at radius 2 is 2.00 bits per heavy atom. The van der Waals surface area contributed by atoms with E-state index in [1.54, 1.807) is 6.07 Å². The number of carboxylic acids is 1. The summed E-state index contributed by atoms with van der Waals surface area (Å²) in [6.07, 6.45) is 0.482. The van der Waals surface area contributed by atoms with Crippen LogP contribution in [0.25, 0.3) is 11.0 Å². The van der Waals surface area contributed by atoms with Crippen molar-refractivity contribution in [1.29, 1.82) is 0 Å². The molecular weight excluding hydrogens is 270 g/mol. The number of carbonyl (C=O) groups is 1. The van der Waals surface area contributed by atoms with E-state index < -0.39 is 5.97 Å². The van der Waals surface area contributed by atoms with E-state index in [0.29, 0.717) is 5.58 Å². The first-order valence-electron chi connectivity index (χ1n) is 7.15. The number of hydrogen-bond acceptors (Lipinski definition) is 4. The summed E-state index contributed by atoms with van der Waals surface area (Å²) in [4.78, 5) is 13.3. The van der Waals surface area contributed by atoms with Gasteiger partial charge in [-0.2, -0.15) is 0 Å². The number of fused-ring (bicyclic) bond motifs is 1. The second-order valence-corrected chi connectivity index (χ2v) is 5.74. The number of carboxylic acid groups (broad SMARTS) is 1. The van der Waals surface area contributed by atoms with E-state index in [-0.39, 0.29) is 18.0 Å². The van der Waals surface area contributed by atoms with E-state index in [4.69, 9.17) is 14.3 Å². The minimum atomic E-state index is -1.04. The van der Waals surface area contributed by atoms with Crippen LogP contribution in [0.5, 0.6) is 0 Å². The topological polar surface area (TPSA) is 62.9 Å². The summed E-state index contributed by atoms with van der Waals surface area (Å²) in [5.41, 5.74) is 1.77. The van der Waals surface area contributed by atoms with Gasteiger partial charge in [-0.25, -0.2) is 4.79 Å². The van der Waals surface area contributed by atoms with Gasteiger partial charge < -0.3 is 14.3 Å². The molecule has 0 amide bonds. The predicted molar refractivity (Wildman–Crippen MR) is 78.5 cm³/mol. The number of nitrogens with zero attached hydrogens (tertiary/aromatic N) is 1. The Morgan fingerprint density at radius 1 is 1.29 bits per heavy atom. The SMILES string of the molecule is CC1CN(Cc2ccc3oc(C(=O)O)cc3c2)CC(C)O1. The van der Waals surface area contributed by atoms with Crippen molar-refractivity contribution in [3.8, 4) is 0 Å². The molecule has 2 unspecified atom stereocenters. The first-order valence-corrected chi connectivity index (χ1v) is 7.15. The number of ether oxygens (including phenoxy) is 1. The van der Waals surface area contributed by atoms with Crippen LogP contribution >= 0.6 is 0 Å². The van der Waals surface area contributed by atoms with Gasteiger partial charge in [0.2, 0.25) is 5.76 Å². The van der Waals surface area contributed by atoms with Crippen LogP contribution in [0, 0.1) is 0 Å². The van der Waals surface area contributed by atoms with Crippen LogP contribution < -0.4 is 0 Å². The van der Waals surface area contributed by atoms with Crippen LogP contribution in [0.3, 0.4) is 0 Å². The van der Waals surface area contributed by atoms with Crippen LogP contribution in [-0.2, 0) is 11.3 Å². The molecule has 3 rings (SSSR count). The second kappa shape index (κ2) is 5.50. The molecule has 0 bridgehead atoms. The highest BCUT2D eigenvalue weighted by Crippen LogP contribution is 2.22. The van der Waals surface area contributed by atoms with Crippen molar-refractivity contribution in [2.75, 3.05) is 13.1 Å². The molecule has 1 fully saturated rings. The highest BCUT2D eigenvalue weighted by molar-refractivity contribution is 5.91. The molecule has 0 saturated carbocycles. The smallest absolute Gasteiger partial charge is 0.371 e. The van der Waals surface area contributed by atoms with Gasteiger partial charge in [0.05, 0.1) is 12.2 Å². The molecule has 1 saturated heterocycles. The number of aromatic carboxylic acids is 1. The Bertz CT molecular complexity index is 653. The number of benzene rings is 1. The van der Waals surface area contributed by atoms with Crippen molar-refractivity contribution in [2.24, 2.45) is 0 Å². The van der Waals surface area contributed by atoms with E-state index in [1.807, 2.05) is 18.2 Å². The van der Waals surface area contributed by atoms with Gasteiger partial charge in [0.1, 0.15) is 5.58 Å². The molecule has 2 aromatic rings. The maximum absolute atomic E-state index is 10.9. The molecule has 0 spiro atoms. The van der Waals surface area contributed by atoms with Crippen molar-refractivity contribution in [1.82, 2.24) is 4.90 Å². The summed E-state index contributed by atoms with van der Waals surface area (Å²) in [5.74, 6) is -1.06. The first-order chi connectivity index (χ1) is 10.0. The zero-order valence-corrected chi connectivity index (χ0v) is 12.2. The highest BCUT2D eigenvalue weighted by Gasteiger charge is 2.22. The summed E-state index contributed by atoms with van der Waals surface area (Å²) in [7, 11) is 0. The molecule has 1 aliphatic heterocycles. The summed E-state index contributed by atoms with van der Waals surface area (Å²) in [6, 6.07) is 7.40. The van der Waals surface area contributed by atoms with Crippen LogP contribution in [0.15, 0.2) is 28.7 Å². The van der Waals surface area contributed by atoms with Gasteiger partial charge in [-0.3, -0.25) is 4.90 Å². The number of rotatable bonds is 3. The van der Waals surface area contributed by atoms with Gasteiger partial charge in [-0.15, -0.1) is 0 Å². The number of hydrogen-bond donors (Lipinski definition) is 1. The zero-order valence-electron chi connectivity index (χ0n) is 12.2. The third kappa shape index (κ3) is 3.09. The molecule has 21 heavy (non-hydrogen) atoms. The molecule has 112 valence electrons. The standard InChI is InChI=1S/C16H19NO4/c1-10-7-17(8-11(2)20-10)9-12-3-4-14-13(5-12)6-15(21-14)16(18)19/h3-6,10-11H,7-9H2,1-2H3,(H,18,19). The van der Waals surface area contributed by atoms with Gasteiger partial charge in [0, 0.05) is 25.0 Å². The minimum absolute atomic E-state index is 0.0178. The Labute approximate surface area is 123 Å². The van der Waals surface area contributed by atoms with Gasteiger partial charge in [0.15, 0.2) is 0 Å². The average molecular weight is 289 g/mol. The second-order valence-electron chi connectivity index (χ2n) is 5.74. The summed E-state index contributed by atoms with van der Waals surface area (Å²) in [6.45, 7) is 6.83. The third-order valence-corrected chi connectivity index (χ3v) is 3.69. The Kier molecular flexibility index (Phi) is 3.69. The molecule has 0 aliphatic carbocycles. The van der Waals surface area contributed by atoms with Gasteiger partial charge in [0.25, 0.3) is 0 Å². The lowest BCUT2D eigenvalue weighted by molar-refractivity contribution is -0.0704. The Hall–Kier alpha value is -1.85. The van der Waals surface area contributed by atoms with Crippen LogP contribution in [0.4, 0.5) is 0 Å². The quantitative estimate of drug-likeness (QED) is 0.941. The van der Waals surface area contributed by atoms with Crippen LogP contribution in [-0.4, -0.2) is 41.3 Å². The fourth-order valence-corrected chi connectivity index (χ4v) is 2.97. The van der Waals surface area contributed by atoms with Crippen molar-refractivity contribution in [3.63, 3.8) is 0 Å².